The van der Waals surface area contributed by atoms with E-state index in [2.05, 4.69) is 0 Å². The lowest BCUT2D eigenvalue weighted by Crippen LogP contribution is -2.29. The van der Waals surface area contributed by atoms with Crippen LogP contribution < -0.4 is 9.47 Å². The molecule has 4 rings (SSSR count). The fraction of sp³-hybridized carbons (Fsp3) is 0.381. The van der Waals surface area contributed by atoms with Crippen molar-refractivity contribution in [3.63, 3.8) is 0 Å². The maximum Gasteiger partial charge on any atom is 0.276 e. The van der Waals surface area contributed by atoms with Crippen LogP contribution in [0.25, 0.3) is 0 Å². The monoisotopic (exact) mass is 411 g/mol. The predicted octanol–water partition coefficient (Wildman–Crippen LogP) is 4.40. The van der Waals surface area contributed by atoms with Gasteiger partial charge in [-0.15, -0.1) is 0 Å². The van der Waals surface area contributed by atoms with Crippen LogP contribution in [0.15, 0.2) is 35.3 Å². The smallest absolute Gasteiger partial charge is 0.276 e. The number of aliphatic imine (C=N–C) groups is 1. The Morgan fingerprint density at radius 2 is 1.50 bits per heavy atom. The quantitative estimate of drug-likeness (QED) is 0.532. The van der Waals surface area contributed by atoms with E-state index < -0.39 is 9.85 Å². The highest BCUT2D eigenvalue weighted by Gasteiger charge is 2.35. The summed E-state index contributed by atoms with van der Waals surface area (Å²) in [7, 11) is 3.11. The molecule has 1 saturated carbocycles. The van der Waals surface area contributed by atoms with Crippen LogP contribution in [0.1, 0.15) is 48.3 Å². The summed E-state index contributed by atoms with van der Waals surface area (Å²) < 4.78 is 10.9. The van der Waals surface area contributed by atoms with E-state index in [9.17, 15) is 20.2 Å². The standard InChI is InChI=1S/C21H21N3O6/c1-29-19-10-16-15-5-3-4-6-18(15)22-21(17(16)11-20(19)30-2)12-7-13(23(25)26)9-14(8-12)24(27)28/h7-11,15,18H,3-6H2,1-2H3/t15-,18-/m0/s1. The van der Waals surface area contributed by atoms with Crippen LogP contribution in [0.3, 0.4) is 0 Å². The van der Waals surface area contributed by atoms with E-state index in [-0.39, 0.29) is 23.3 Å². The van der Waals surface area contributed by atoms with Gasteiger partial charge in [-0.1, -0.05) is 12.8 Å². The van der Waals surface area contributed by atoms with Crippen LogP contribution in [0.4, 0.5) is 11.4 Å². The molecule has 2 aromatic carbocycles. The summed E-state index contributed by atoms with van der Waals surface area (Å²) in [6.07, 6.45) is 4.04. The lowest BCUT2D eigenvalue weighted by Gasteiger charge is -2.35. The van der Waals surface area contributed by atoms with Gasteiger partial charge in [0.2, 0.25) is 0 Å². The van der Waals surface area contributed by atoms with Gasteiger partial charge in [-0.2, -0.15) is 0 Å². The van der Waals surface area contributed by atoms with Gasteiger partial charge in [0, 0.05) is 29.2 Å². The molecule has 0 aromatic heterocycles. The molecule has 0 N–H and O–H groups in total. The minimum atomic E-state index is -0.626. The molecule has 1 aliphatic carbocycles. The summed E-state index contributed by atoms with van der Waals surface area (Å²) in [4.78, 5) is 26.4. The predicted molar refractivity (Wildman–Crippen MR) is 110 cm³/mol. The maximum atomic E-state index is 11.4. The average molecular weight is 411 g/mol. The normalized spacial score (nSPS) is 19.9. The molecule has 1 fully saturated rings. The molecule has 9 nitrogen and oxygen atoms in total. The van der Waals surface area contributed by atoms with Crippen LogP contribution >= 0.6 is 0 Å². The number of hydrogen-bond donors (Lipinski definition) is 0. The summed E-state index contributed by atoms with van der Waals surface area (Å²) in [5, 5.41) is 22.7. The first-order valence-corrected chi connectivity index (χ1v) is 9.71. The maximum absolute atomic E-state index is 11.4. The number of non-ortho nitro benzene ring substituents is 2. The Morgan fingerprint density at radius 1 is 0.900 bits per heavy atom. The van der Waals surface area contributed by atoms with Gasteiger partial charge in [0.05, 0.1) is 41.9 Å². The Labute approximate surface area is 172 Å². The molecule has 0 radical (unpaired) electrons. The van der Waals surface area contributed by atoms with Gasteiger partial charge in [-0.25, -0.2) is 0 Å². The zero-order valence-electron chi connectivity index (χ0n) is 16.7. The van der Waals surface area contributed by atoms with E-state index >= 15 is 0 Å². The van der Waals surface area contributed by atoms with E-state index in [4.69, 9.17) is 14.5 Å². The lowest BCUT2D eigenvalue weighted by molar-refractivity contribution is -0.394. The molecule has 1 heterocycles. The second-order valence-corrected chi connectivity index (χ2v) is 7.48. The molecule has 156 valence electrons. The van der Waals surface area contributed by atoms with Crippen LogP contribution in [-0.4, -0.2) is 35.8 Å². The van der Waals surface area contributed by atoms with Crippen molar-refractivity contribution in [3.8, 4) is 11.5 Å². The van der Waals surface area contributed by atoms with Crippen molar-refractivity contribution in [2.24, 2.45) is 4.99 Å². The summed E-state index contributed by atoms with van der Waals surface area (Å²) in [5.74, 6) is 1.33. The summed E-state index contributed by atoms with van der Waals surface area (Å²) in [5.41, 5.74) is 2.00. The third-order valence-corrected chi connectivity index (χ3v) is 5.83. The number of benzene rings is 2. The third-order valence-electron chi connectivity index (χ3n) is 5.83. The van der Waals surface area contributed by atoms with Gasteiger partial charge in [0.15, 0.2) is 11.5 Å². The molecule has 1 aliphatic heterocycles. The molecule has 0 amide bonds. The van der Waals surface area contributed by atoms with Crippen molar-refractivity contribution in [3.05, 3.63) is 67.3 Å². The van der Waals surface area contributed by atoms with Gasteiger partial charge in [-0.05, 0) is 30.5 Å². The number of fused-ring (bicyclic) bond motifs is 3. The summed E-state index contributed by atoms with van der Waals surface area (Å²) in [6.45, 7) is 0. The highest BCUT2D eigenvalue weighted by Crippen LogP contribution is 2.45. The summed E-state index contributed by atoms with van der Waals surface area (Å²) in [6, 6.07) is 7.43. The van der Waals surface area contributed by atoms with Crippen molar-refractivity contribution < 1.29 is 19.3 Å². The average Bonchev–Trinajstić information content (AvgIpc) is 2.77. The Kier molecular flexibility index (Phi) is 5.11. The number of ether oxygens (including phenoxy) is 2. The van der Waals surface area contributed by atoms with Crippen LogP contribution in [-0.2, 0) is 0 Å². The van der Waals surface area contributed by atoms with Crippen molar-refractivity contribution in [1.82, 2.24) is 0 Å². The third kappa shape index (κ3) is 3.36. The lowest BCUT2D eigenvalue weighted by atomic mass is 9.75. The van der Waals surface area contributed by atoms with E-state index in [1.807, 2.05) is 12.1 Å². The topological polar surface area (TPSA) is 117 Å². The van der Waals surface area contributed by atoms with Crippen LogP contribution in [0.2, 0.25) is 0 Å². The molecule has 2 aliphatic rings. The van der Waals surface area contributed by atoms with Gasteiger partial charge < -0.3 is 9.47 Å². The second-order valence-electron chi connectivity index (χ2n) is 7.48. The molecular formula is C21H21N3O6. The summed E-state index contributed by atoms with van der Waals surface area (Å²) >= 11 is 0. The number of nitro benzene ring substituents is 2. The number of rotatable bonds is 5. The SMILES string of the molecule is COc1cc2c(cc1OC)[C@@H]1CCCC[C@@H]1N=C2c1cc([N+](=O)[O-])cc([N+](=O)[O-])c1. The van der Waals surface area contributed by atoms with Crippen molar-refractivity contribution in [2.75, 3.05) is 14.2 Å². The van der Waals surface area contributed by atoms with Crippen LogP contribution in [0.5, 0.6) is 11.5 Å². The zero-order chi connectivity index (χ0) is 21.4. The Balaban J connectivity index is 1.95. The first kappa shape index (κ1) is 19.8. The molecule has 0 saturated heterocycles. The zero-order valence-corrected chi connectivity index (χ0v) is 16.7. The second kappa shape index (κ2) is 7.74. The van der Waals surface area contributed by atoms with E-state index in [0.29, 0.717) is 22.8 Å². The fourth-order valence-corrected chi connectivity index (χ4v) is 4.44. The Bertz CT molecular complexity index is 1030. The van der Waals surface area contributed by atoms with E-state index in [1.165, 1.54) is 19.2 Å². The number of nitro groups is 2. The van der Waals surface area contributed by atoms with E-state index in [0.717, 1.165) is 42.9 Å². The van der Waals surface area contributed by atoms with Crippen molar-refractivity contribution in [1.29, 1.82) is 0 Å². The van der Waals surface area contributed by atoms with Gasteiger partial charge >= 0.3 is 0 Å². The number of methoxy groups -OCH3 is 2. The van der Waals surface area contributed by atoms with Crippen LogP contribution in [0, 0.1) is 20.2 Å². The minimum Gasteiger partial charge on any atom is -0.493 e. The molecule has 0 bridgehead atoms. The fourth-order valence-electron chi connectivity index (χ4n) is 4.44. The van der Waals surface area contributed by atoms with E-state index in [1.54, 1.807) is 7.11 Å². The first-order valence-electron chi connectivity index (χ1n) is 9.71. The Hall–Kier alpha value is -3.49. The highest BCUT2D eigenvalue weighted by atomic mass is 16.6. The minimum absolute atomic E-state index is 0.0256. The largest absolute Gasteiger partial charge is 0.493 e. The number of nitrogens with zero attached hydrogens (tertiary/aromatic N) is 3. The van der Waals surface area contributed by atoms with Crippen molar-refractivity contribution >= 4 is 17.1 Å². The molecule has 0 unspecified atom stereocenters. The molecule has 9 heteroatoms. The molecule has 2 aromatic rings. The number of hydrogen-bond acceptors (Lipinski definition) is 7. The Morgan fingerprint density at radius 3 is 2.10 bits per heavy atom. The first-order chi connectivity index (χ1) is 14.4. The highest BCUT2D eigenvalue weighted by molar-refractivity contribution is 6.15. The van der Waals surface area contributed by atoms with Gasteiger partial charge in [0.25, 0.3) is 11.4 Å². The van der Waals surface area contributed by atoms with Gasteiger partial charge in [-0.3, -0.25) is 25.2 Å². The van der Waals surface area contributed by atoms with Gasteiger partial charge in [0.1, 0.15) is 0 Å². The molecule has 2 atom stereocenters. The molecule has 30 heavy (non-hydrogen) atoms. The molecule has 0 spiro atoms. The van der Waals surface area contributed by atoms with Crippen molar-refractivity contribution in [2.45, 2.75) is 37.6 Å². The molecular weight excluding hydrogens is 390 g/mol.